The van der Waals surface area contributed by atoms with Crippen molar-refractivity contribution in [1.82, 2.24) is 9.55 Å². The lowest BCUT2D eigenvalue weighted by molar-refractivity contribution is 0.308. The van der Waals surface area contributed by atoms with Crippen molar-refractivity contribution in [2.24, 2.45) is 0 Å². The van der Waals surface area contributed by atoms with Crippen molar-refractivity contribution >= 4 is 23.4 Å². The van der Waals surface area contributed by atoms with Crippen molar-refractivity contribution in [1.29, 1.82) is 0 Å². The average molecular weight is 395 g/mol. The Kier molecular flexibility index (Phi) is 10.7. The molecule has 1 aromatic carbocycles. The third-order valence-electron chi connectivity index (χ3n) is 4.32. The molecule has 0 N–H and O–H groups in total. The first-order chi connectivity index (χ1) is 12.8. The molecule has 0 spiro atoms. The molecule has 144 valence electrons. The number of thioether (sulfide) groups is 1. The van der Waals surface area contributed by atoms with E-state index in [9.17, 15) is 0 Å². The summed E-state index contributed by atoms with van der Waals surface area (Å²) in [5.41, 5.74) is 0. The minimum Gasteiger partial charge on any atom is -0.492 e. The Balaban J connectivity index is 1.70. The molecule has 0 aliphatic rings. The third kappa shape index (κ3) is 9.00. The van der Waals surface area contributed by atoms with Gasteiger partial charge < -0.3 is 9.30 Å². The number of aromatic nitrogens is 2. The number of hydrogen-bond donors (Lipinski definition) is 0. The standard InChI is InChI=1S/C21H31ClN2OS/c1-2-3-4-5-6-7-8-15-26-21(16-24-14-13-23-18-24)17-25-20-11-9-19(22)10-12-20/h9-14,18,21H,2-8,15-17H2,1H3. The summed E-state index contributed by atoms with van der Waals surface area (Å²) in [6.07, 6.45) is 15.2. The number of rotatable bonds is 14. The zero-order chi connectivity index (χ0) is 18.5. The lowest BCUT2D eigenvalue weighted by Gasteiger charge is -2.18. The molecule has 3 nitrogen and oxygen atoms in total. The van der Waals surface area contributed by atoms with E-state index in [-0.39, 0.29) is 0 Å². The van der Waals surface area contributed by atoms with Crippen molar-refractivity contribution in [2.75, 3.05) is 12.4 Å². The van der Waals surface area contributed by atoms with Crippen LogP contribution >= 0.6 is 23.4 Å². The minimum absolute atomic E-state index is 0.417. The number of imidazole rings is 1. The van der Waals surface area contributed by atoms with Gasteiger partial charge in [0.05, 0.1) is 11.6 Å². The average Bonchev–Trinajstić information content (AvgIpc) is 3.16. The Morgan fingerprint density at radius 1 is 1.08 bits per heavy atom. The fourth-order valence-electron chi connectivity index (χ4n) is 2.81. The predicted octanol–water partition coefficient (Wildman–Crippen LogP) is 6.47. The molecule has 0 radical (unpaired) electrons. The highest BCUT2D eigenvalue weighted by molar-refractivity contribution is 7.99. The van der Waals surface area contributed by atoms with E-state index in [1.165, 1.54) is 50.7 Å². The van der Waals surface area contributed by atoms with Crippen molar-refractivity contribution in [3.05, 3.63) is 48.0 Å². The number of ether oxygens (including phenoxy) is 1. The molecular formula is C21H31ClN2OS. The van der Waals surface area contributed by atoms with E-state index < -0.39 is 0 Å². The van der Waals surface area contributed by atoms with Crippen LogP contribution < -0.4 is 4.74 Å². The summed E-state index contributed by atoms with van der Waals surface area (Å²) < 4.78 is 8.11. The highest BCUT2D eigenvalue weighted by Crippen LogP contribution is 2.20. The molecule has 1 atom stereocenters. The number of hydrogen-bond acceptors (Lipinski definition) is 3. The van der Waals surface area contributed by atoms with E-state index in [0.717, 1.165) is 17.3 Å². The maximum absolute atomic E-state index is 5.98. The van der Waals surface area contributed by atoms with Gasteiger partial charge in [0.1, 0.15) is 12.4 Å². The van der Waals surface area contributed by atoms with Gasteiger partial charge in [0.15, 0.2) is 0 Å². The van der Waals surface area contributed by atoms with Gasteiger partial charge in [-0.15, -0.1) is 0 Å². The SMILES string of the molecule is CCCCCCCCCSC(COc1ccc(Cl)cc1)Cn1ccnc1. The Morgan fingerprint density at radius 2 is 1.81 bits per heavy atom. The van der Waals surface area contributed by atoms with Gasteiger partial charge in [0, 0.05) is 24.0 Å². The van der Waals surface area contributed by atoms with Gasteiger partial charge >= 0.3 is 0 Å². The molecule has 1 heterocycles. The summed E-state index contributed by atoms with van der Waals surface area (Å²) in [4.78, 5) is 4.15. The predicted molar refractivity (Wildman–Crippen MR) is 113 cm³/mol. The smallest absolute Gasteiger partial charge is 0.119 e. The fourth-order valence-corrected chi connectivity index (χ4v) is 4.08. The second kappa shape index (κ2) is 13.1. The van der Waals surface area contributed by atoms with Crippen molar-refractivity contribution in [3.63, 3.8) is 0 Å². The Labute approximate surface area is 167 Å². The molecule has 2 aromatic rings. The molecule has 0 saturated heterocycles. The zero-order valence-corrected chi connectivity index (χ0v) is 17.4. The molecule has 1 unspecified atom stereocenters. The summed E-state index contributed by atoms with van der Waals surface area (Å²) in [5.74, 6) is 2.07. The summed E-state index contributed by atoms with van der Waals surface area (Å²) in [6.45, 7) is 3.89. The largest absolute Gasteiger partial charge is 0.492 e. The van der Waals surface area contributed by atoms with Gasteiger partial charge in [-0.1, -0.05) is 57.0 Å². The number of benzene rings is 1. The van der Waals surface area contributed by atoms with Crippen molar-refractivity contribution in [3.8, 4) is 5.75 Å². The summed E-state index contributed by atoms with van der Waals surface area (Å²) >= 11 is 7.95. The van der Waals surface area contributed by atoms with Gasteiger partial charge in [-0.3, -0.25) is 0 Å². The van der Waals surface area contributed by atoms with Crippen molar-refractivity contribution in [2.45, 2.75) is 63.7 Å². The molecule has 0 saturated carbocycles. The normalized spacial score (nSPS) is 12.2. The highest BCUT2D eigenvalue weighted by atomic mass is 35.5. The number of unbranched alkanes of at least 4 members (excludes halogenated alkanes) is 6. The van der Waals surface area contributed by atoms with E-state index >= 15 is 0 Å². The first-order valence-corrected chi connectivity index (χ1v) is 11.2. The van der Waals surface area contributed by atoms with Crippen LogP contribution in [0.25, 0.3) is 0 Å². The topological polar surface area (TPSA) is 27.1 Å². The van der Waals surface area contributed by atoms with E-state index in [0.29, 0.717) is 11.9 Å². The lowest BCUT2D eigenvalue weighted by Crippen LogP contribution is -2.21. The van der Waals surface area contributed by atoms with E-state index in [4.69, 9.17) is 16.3 Å². The van der Waals surface area contributed by atoms with Crippen LogP contribution in [0.3, 0.4) is 0 Å². The fraction of sp³-hybridized carbons (Fsp3) is 0.571. The monoisotopic (exact) mass is 394 g/mol. The molecule has 0 aliphatic heterocycles. The van der Waals surface area contributed by atoms with E-state index in [2.05, 4.69) is 16.5 Å². The molecule has 0 fully saturated rings. The molecule has 26 heavy (non-hydrogen) atoms. The maximum Gasteiger partial charge on any atom is 0.119 e. The quantitative estimate of drug-likeness (QED) is 0.343. The molecule has 5 heteroatoms. The van der Waals surface area contributed by atoms with Gasteiger partial charge in [0.2, 0.25) is 0 Å². The van der Waals surface area contributed by atoms with Crippen LogP contribution in [-0.4, -0.2) is 27.2 Å². The van der Waals surface area contributed by atoms with Gasteiger partial charge in [-0.2, -0.15) is 11.8 Å². The van der Waals surface area contributed by atoms with Gasteiger partial charge in [0.25, 0.3) is 0 Å². The van der Waals surface area contributed by atoms with Crippen LogP contribution in [0.5, 0.6) is 5.75 Å². The summed E-state index contributed by atoms with van der Waals surface area (Å²) in [7, 11) is 0. The third-order valence-corrected chi connectivity index (χ3v) is 5.86. The maximum atomic E-state index is 5.98. The van der Waals surface area contributed by atoms with Crippen LogP contribution in [0.4, 0.5) is 0 Å². The van der Waals surface area contributed by atoms with E-state index in [1.54, 1.807) is 0 Å². The van der Waals surface area contributed by atoms with Crippen molar-refractivity contribution < 1.29 is 4.74 Å². The highest BCUT2D eigenvalue weighted by Gasteiger charge is 2.11. The van der Waals surface area contributed by atoms with Crippen LogP contribution in [0, 0.1) is 0 Å². The van der Waals surface area contributed by atoms with E-state index in [1.807, 2.05) is 54.7 Å². The molecule has 1 aromatic heterocycles. The first-order valence-electron chi connectivity index (χ1n) is 9.73. The number of nitrogens with zero attached hydrogens (tertiary/aromatic N) is 2. The zero-order valence-electron chi connectivity index (χ0n) is 15.8. The van der Waals surface area contributed by atoms with Crippen LogP contribution in [-0.2, 0) is 6.54 Å². The number of halogens is 1. The molecule has 0 bridgehead atoms. The Bertz CT molecular complexity index is 574. The molecular weight excluding hydrogens is 364 g/mol. The summed E-state index contributed by atoms with van der Waals surface area (Å²) in [6, 6.07) is 7.59. The van der Waals surface area contributed by atoms with Crippen LogP contribution in [0.1, 0.15) is 51.9 Å². The molecule has 0 amide bonds. The van der Waals surface area contributed by atoms with Crippen LogP contribution in [0.15, 0.2) is 43.0 Å². The second-order valence-electron chi connectivity index (χ2n) is 6.64. The first kappa shape index (κ1) is 21.2. The van der Waals surface area contributed by atoms with Crippen LogP contribution in [0.2, 0.25) is 5.02 Å². The van der Waals surface area contributed by atoms with Gasteiger partial charge in [-0.25, -0.2) is 4.98 Å². The lowest BCUT2D eigenvalue weighted by atomic mass is 10.1. The Morgan fingerprint density at radius 3 is 2.50 bits per heavy atom. The molecule has 0 aliphatic carbocycles. The Hall–Kier alpha value is -1.13. The van der Waals surface area contributed by atoms with Gasteiger partial charge in [-0.05, 0) is 36.4 Å². The molecule has 2 rings (SSSR count). The minimum atomic E-state index is 0.417. The second-order valence-corrected chi connectivity index (χ2v) is 8.48. The summed E-state index contributed by atoms with van der Waals surface area (Å²) in [5, 5.41) is 1.15.